The summed E-state index contributed by atoms with van der Waals surface area (Å²) < 4.78 is 15.2. The van der Waals surface area contributed by atoms with Crippen LogP contribution >= 0.6 is 0 Å². The van der Waals surface area contributed by atoms with Gasteiger partial charge in [0.2, 0.25) is 11.8 Å². The highest BCUT2D eigenvalue weighted by atomic mass is 16.4. The highest BCUT2D eigenvalue weighted by Crippen LogP contribution is 2.32. The summed E-state index contributed by atoms with van der Waals surface area (Å²) in [5, 5.41) is 33.0. The number of hydrogen-bond acceptors (Lipinski definition) is 15. The molecule has 67 heavy (non-hydrogen) atoms. The lowest BCUT2D eigenvalue weighted by atomic mass is 10.1. The maximum Gasteiger partial charge on any atom is 0.268 e. The van der Waals surface area contributed by atoms with Gasteiger partial charge in [0, 0.05) is 68.1 Å². The highest BCUT2D eigenvalue weighted by molar-refractivity contribution is 5.69. The van der Waals surface area contributed by atoms with Gasteiger partial charge >= 0.3 is 0 Å². The van der Waals surface area contributed by atoms with Crippen LogP contribution in [0.5, 0.6) is 0 Å². The van der Waals surface area contributed by atoms with Gasteiger partial charge in [-0.25, -0.2) is 9.97 Å². The smallest absolute Gasteiger partial charge is 0.268 e. The van der Waals surface area contributed by atoms with E-state index in [1.165, 1.54) is 16.2 Å². The summed E-state index contributed by atoms with van der Waals surface area (Å²) >= 11 is 0. The molecule has 0 aliphatic carbocycles. The fraction of sp³-hybridized carbons (Fsp3) is 0.300. The van der Waals surface area contributed by atoms with Crippen LogP contribution in [-0.4, -0.2) is 63.6 Å². The molecule has 0 radical (unpaired) electrons. The summed E-state index contributed by atoms with van der Waals surface area (Å²) in [5.41, 5.74) is 11.6. The normalized spacial score (nSPS) is 11.2. The van der Waals surface area contributed by atoms with Crippen molar-refractivity contribution in [3.63, 3.8) is 0 Å². The van der Waals surface area contributed by atoms with E-state index < -0.39 is 0 Å². The number of aromatic nitrogens is 10. The van der Waals surface area contributed by atoms with Gasteiger partial charge in [0.05, 0.1) is 35.2 Å². The van der Waals surface area contributed by atoms with E-state index in [1.54, 1.807) is 42.1 Å². The first kappa shape index (κ1) is 47.2. The van der Waals surface area contributed by atoms with Crippen molar-refractivity contribution in [3.05, 3.63) is 139 Å². The Labute approximate surface area is 391 Å². The minimum absolute atomic E-state index is 0. The first-order chi connectivity index (χ1) is 32.1. The Kier molecular flexibility index (Phi) is 14.2. The number of hydrogen-bond donors (Lipinski definition) is 2. The molecule has 0 aliphatic heterocycles. The Hall–Kier alpha value is -7.81. The van der Waals surface area contributed by atoms with E-state index in [0.29, 0.717) is 57.4 Å². The van der Waals surface area contributed by atoms with Crippen LogP contribution in [-0.2, 0) is 13.1 Å². The summed E-state index contributed by atoms with van der Waals surface area (Å²) in [6.07, 6.45) is 3.28. The second-order valence-electron chi connectivity index (χ2n) is 16.7. The number of nitrogens with zero attached hydrogens (tertiary/aromatic N) is 11. The van der Waals surface area contributed by atoms with Crippen LogP contribution in [0.1, 0.15) is 87.7 Å². The third-order valence-corrected chi connectivity index (χ3v) is 11.2. The number of aryl methyl sites for hydroxylation is 4. The molecule has 0 aliphatic rings. The zero-order valence-electron chi connectivity index (χ0n) is 39.5. The largest absolute Gasteiger partial charge is 0.415 e. The van der Waals surface area contributed by atoms with Crippen molar-refractivity contribution < 1.29 is 11.7 Å². The molecular formula is C50H57N13O4. The van der Waals surface area contributed by atoms with Gasteiger partial charge in [-0.2, -0.15) is 5.26 Å². The van der Waals surface area contributed by atoms with E-state index in [2.05, 4.69) is 64.2 Å². The lowest BCUT2D eigenvalue weighted by Crippen LogP contribution is -2.24. The van der Waals surface area contributed by atoms with Crippen molar-refractivity contribution >= 4 is 0 Å². The van der Waals surface area contributed by atoms with Crippen LogP contribution in [0.25, 0.3) is 68.6 Å². The molecule has 8 rings (SSSR count). The molecule has 8 aromatic rings. The summed E-state index contributed by atoms with van der Waals surface area (Å²) in [7, 11) is 3.83. The van der Waals surface area contributed by atoms with Crippen molar-refractivity contribution in [3.8, 4) is 74.7 Å². The molecule has 0 unspecified atom stereocenters. The maximum atomic E-state index is 12.3. The van der Waals surface area contributed by atoms with Gasteiger partial charge in [0.1, 0.15) is 23.2 Å². The monoisotopic (exact) mass is 903 g/mol. The summed E-state index contributed by atoms with van der Waals surface area (Å²) in [5.74, 6) is 1.37. The molecule has 6 heterocycles. The average Bonchev–Trinajstić information content (AvgIpc) is 3.98. The fourth-order valence-electron chi connectivity index (χ4n) is 7.93. The minimum Gasteiger partial charge on any atom is -0.415 e. The van der Waals surface area contributed by atoms with Gasteiger partial charge in [-0.15, -0.1) is 20.4 Å². The molecule has 0 atom stereocenters. The van der Waals surface area contributed by atoms with Crippen LogP contribution in [0.4, 0.5) is 0 Å². The van der Waals surface area contributed by atoms with Crippen molar-refractivity contribution in [2.24, 2.45) is 0 Å². The first-order valence-electron chi connectivity index (χ1n) is 21.9. The topological polar surface area (TPSA) is 221 Å². The molecule has 0 saturated heterocycles. The van der Waals surface area contributed by atoms with E-state index in [-0.39, 0.29) is 37.6 Å². The Balaban J connectivity index is 0.000000250. The van der Waals surface area contributed by atoms with E-state index >= 15 is 0 Å². The second kappa shape index (κ2) is 20.1. The zero-order chi connectivity index (χ0) is 48.1. The molecule has 0 amide bonds. The van der Waals surface area contributed by atoms with Gasteiger partial charge in [-0.05, 0) is 123 Å². The molecule has 0 fully saturated rings. The van der Waals surface area contributed by atoms with Crippen LogP contribution in [0, 0.1) is 45.9 Å². The predicted molar refractivity (Wildman–Crippen MR) is 260 cm³/mol. The van der Waals surface area contributed by atoms with Gasteiger partial charge in [-0.3, -0.25) is 24.1 Å². The van der Waals surface area contributed by atoms with Crippen LogP contribution in [0.2, 0.25) is 0 Å². The van der Waals surface area contributed by atoms with E-state index in [1.807, 2.05) is 93.8 Å². The van der Waals surface area contributed by atoms with Crippen molar-refractivity contribution in [2.75, 3.05) is 14.1 Å². The number of nitriles is 1. The standard InChI is InChI=1S/C25H25N7O2.C25H28N6O2.2H2/c1-14(2)32-21(11-26)19(8-9-22(32)33)20-13-28-16(4)23(29-20)25-31-30-24(34-25)18-7-6-17(12-27-5)10-15(18)3;1-14(2)31-17(5)20(9-10-22(31)32)21-13-27-16(4)23(28-21)25-30-29-24(33-25)19-8-7-18(12-26-6)11-15(19)3;;/h6-10,13-14,27H,12H2,1-5H3;7-11,13-14,26H,12H2,1-6H3;2*1H. The van der Waals surface area contributed by atoms with E-state index in [9.17, 15) is 14.9 Å². The molecule has 0 spiro atoms. The van der Waals surface area contributed by atoms with Crippen LogP contribution in [0.15, 0.2) is 91.5 Å². The first-order valence-corrected chi connectivity index (χ1v) is 21.9. The Morgan fingerprint density at radius 2 is 1.01 bits per heavy atom. The molecule has 17 nitrogen and oxygen atoms in total. The molecule has 0 bridgehead atoms. The SMILES string of the molecule is CNCc1ccc(-c2nnc(-c3nc(-c4ccc(=O)n(C(C)C)c4C#N)cnc3C)o2)c(C)c1.CNCc1ccc(-c2nnc(-c3nc(-c4ccc(=O)n(C(C)C)c4C)cnc3C)o2)c(C)c1.[HH].[HH]. The second-order valence-corrected chi connectivity index (χ2v) is 16.7. The molecule has 2 N–H and O–H groups in total. The Morgan fingerprint density at radius 3 is 1.45 bits per heavy atom. The summed E-state index contributed by atoms with van der Waals surface area (Å²) in [6.45, 7) is 18.8. The molecular weight excluding hydrogens is 847 g/mol. The number of benzene rings is 2. The molecule has 2 aromatic carbocycles. The Bertz CT molecular complexity index is 3280. The summed E-state index contributed by atoms with van der Waals surface area (Å²) in [6, 6.07) is 20.6. The fourth-order valence-corrected chi connectivity index (χ4v) is 7.93. The third-order valence-electron chi connectivity index (χ3n) is 11.2. The lowest BCUT2D eigenvalue weighted by molar-refractivity contribution is 0.563. The maximum absolute atomic E-state index is 12.3. The van der Waals surface area contributed by atoms with Crippen molar-refractivity contribution in [1.29, 1.82) is 5.26 Å². The summed E-state index contributed by atoms with van der Waals surface area (Å²) in [4.78, 5) is 43.1. The molecule has 346 valence electrons. The molecule has 17 heteroatoms. The van der Waals surface area contributed by atoms with Crippen LogP contribution in [0.3, 0.4) is 0 Å². The van der Waals surface area contributed by atoms with Gasteiger partial charge < -0.3 is 24.0 Å². The van der Waals surface area contributed by atoms with Crippen molar-refractivity contribution in [2.45, 2.75) is 87.5 Å². The highest BCUT2D eigenvalue weighted by Gasteiger charge is 2.22. The number of rotatable bonds is 12. The average molecular weight is 904 g/mol. The number of nitrogens with one attached hydrogen (secondary N) is 2. The predicted octanol–water partition coefficient (Wildman–Crippen LogP) is 8.55. The van der Waals surface area contributed by atoms with Gasteiger partial charge in [0.15, 0.2) is 0 Å². The van der Waals surface area contributed by atoms with Crippen molar-refractivity contribution in [1.82, 2.24) is 60.1 Å². The Morgan fingerprint density at radius 1 is 0.597 bits per heavy atom. The lowest BCUT2D eigenvalue weighted by Gasteiger charge is -2.17. The molecule has 6 aromatic heterocycles. The van der Waals surface area contributed by atoms with E-state index in [0.717, 1.165) is 52.2 Å². The zero-order valence-corrected chi connectivity index (χ0v) is 39.5. The quantitative estimate of drug-likeness (QED) is 0.117. The number of pyridine rings is 2. The third kappa shape index (κ3) is 9.91. The van der Waals surface area contributed by atoms with E-state index in [4.69, 9.17) is 13.8 Å². The van der Waals surface area contributed by atoms with Gasteiger partial charge in [-0.1, -0.05) is 24.3 Å². The van der Waals surface area contributed by atoms with Crippen LogP contribution < -0.4 is 21.8 Å². The van der Waals surface area contributed by atoms with Gasteiger partial charge in [0.25, 0.3) is 22.9 Å². The molecule has 0 saturated carbocycles. The minimum atomic E-state index is -0.242.